The number of piperazine rings is 1. The minimum Gasteiger partial charge on any atom is -0.355 e. The summed E-state index contributed by atoms with van der Waals surface area (Å²) >= 11 is 0. The van der Waals surface area contributed by atoms with E-state index in [-0.39, 0.29) is 24.9 Å². The van der Waals surface area contributed by atoms with Gasteiger partial charge in [0.1, 0.15) is 0 Å². The molecule has 1 saturated heterocycles. The van der Waals surface area contributed by atoms with Crippen molar-refractivity contribution in [2.24, 2.45) is 5.92 Å². The molecule has 1 N–H and O–H groups in total. The van der Waals surface area contributed by atoms with Crippen molar-refractivity contribution < 1.29 is 22.5 Å². The van der Waals surface area contributed by atoms with Crippen molar-refractivity contribution in [1.29, 1.82) is 0 Å². The van der Waals surface area contributed by atoms with Gasteiger partial charge in [0, 0.05) is 57.9 Å². The first-order chi connectivity index (χ1) is 18.3. The Bertz CT molecular complexity index is 1240. The van der Waals surface area contributed by atoms with Crippen molar-refractivity contribution in [3.05, 3.63) is 29.7 Å². The quantitative estimate of drug-likeness (QED) is 0.383. The van der Waals surface area contributed by atoms with Crippen LogP contribution in [0.1, 0.15) is 38.1 Å². The van der Waals surface area contributed by atoms with Gasteiger partial charge in [-0.3, -0.25) is 14.6 Å². The molecule has 1 fully saturated rings. The number of hydrogen-bond donors (Lipinski definition) is 1. The maximum Gasteiger partial charge on any atom is 0.256 e. The van der Waals surface area contributed by atoms with Crippen LogP contribution >= 0.6 is 0 Å². The second-order valence-corrected chi connectivity index (χ2v) is 12.4. The van der Waals surface area contributed by atoms with Crippen LogP contribution in [0.5, 0.6) is 0 Å². The van der Waals surface area contributed by atoms with E-state index in [0.29, 0.717) is 55.9 Å². The summed E-state index contributed by atoms with van der Waals surface area (Å²) in [6.07, 6.45) is 3.09. The van der Waals surface area contributed by atoms with Crippen molar-refractivity contribution in [3.8, 4) is 11.4 Å². The first-order valence-corrected chi connectivity index (χ1v) is 15.1. The maximum absolute atomic E-state index is 13.4. The van der Waals surface area contributed by atoms with Gasteiger partial charge in [-0.25, -0.2) is 13.4 Å². The van der Waals surface area contributed by atoms with E-state index in [9.17, 15) is 18.0 Å². The van der Waals surface area contributed by atoms with E-state index in [0.717, 1.165) is 24.1 Å². The fourth-order valence-electron chi connectivity index (χ4n) is 4.43. The van der Waals surface area contributed by atoms with Crippen LogP contribution in [0, 0.1) is 19.8 Å². The Hall–Kier alpha value is -3.03. The molecule has 3 rings (SSSR count). The summed E-state index contributed by atoms with van der Waals surface area (Å²) < 4.78 is 30.3. The molecule has 13 heteroatoms. The zero-order chi connectivity index (χ0) is 28.7. The van der Waals surface area contributed by atoms with Gasteiger partial charge >= 0.3 is 0 Å². The molecule has 0 aliphatic carbocycles. The molecule has 2 aromatic rings. The summed E-state index contributed by atoms with van der Waals surface area (Å²) in [5, 5.41) is 10.3. The predicted molar refractivity (Wildman–Crippen MR) is 149 cm³/mol. The second kappa shape index (κ2) is 13.4. The highest BCUT2D eigenvalue weighted by Gasteiger charge is 2.28. The van der Waals surface area contributed by atoms with Crippen LogP contribution in [0.3, 0.4) is 0 Å². The zero-order valence-corrected chi connectivity index (χ0v) is 24.6. The van der Waals surface area contributed by atoms with Gasteiger partial charge < -0.3 is 14.7 Å². The molecule has 1 aliphatic heterocycles. The predicted octanol–water partition coefficient (Wildman–Crippen LogP) is 1.66. The van der Waals surface area contributed by atoms with Crippen LogP contribution in [-0.4, -0.2) is 104 Å². The van der Waals surface area contributed by atoms with Crippen molar-refractivity contribution in [3.63, 3.8) is 0 Å². The van der Waals surface area contributed by atoms with E-state index in [1.165, 1.54) is 15.6 Å². The standard InChI is InChI=1S/C26H41N7O5S/c1-19(2)8-7-11-27-24(34)17-31(23-16-22(10-9-20(23)3)26-28-21(4)38-29-26)18-25(35)30(5)32-12-14-33(15-13-32)39(6,36)37/h9-10,16,19H,7-8,11-15,17-18H2,1-6H3,(H,27,34). The number of aromatic nitrogens is 2. The average Bonchev–Trinajstić information content (AvgIpc) is 3.31. The zero-order valence-electron chi connectivity index (χ0n) is 23.8. The molecule has 0 spiro atoms. The first-order valence-electron chi connectivity index (χ1n) is 13.2. The fraction of sp³-hybridized carbons (Fsp3) is 0.615. The van der Waals surface area contributed by atoms with Crippen molar-refractivity contribution in [2.45, 2.75) is 40.5 Å². The van der Waals surface area contributed by atoms with Crippen LogP contribution in [0.25, 0.3) is 11.4 Å². The van der Waals surface area contributed by atoms with Gasteiger partial charge in [-0.1, -0.05) is 31.1 Å². The highest BCUT2D eigenvalue weighted by atomic mass is 32.2. The van der Waals surface area contributed by atoms with E-state index in [1.807, 2.05) is 30.1 Å². The number of rotatable bonds is 12. The Labute approximate surface area is 231 Å². The number of nitrogens with one attached hydrogen (secondary N) is 1. The third-order valence-electron chi connectivity index (χ3n) is 6.75. The number of benzene rings is 1. The molecule has 0 unspecified atom stereocenters. The molecular weight excluding hydrogens is 522 g/mol. The highest BCUT2D eigenvalue weighted by Crippen LogP contribution is 2.27. The van der Waals surface area contributed by atoms with Gasteiger partial charge in [0.15, 0.2) is 0 Å². The number of hydrazine groups is 1. The van der Waals surface area contributed by atoms with Crippen molar-refractivity contribution >= 4 is 27.5 Å². The third kappa shape index (κ3) is 8.73. The Balaban J connectivity index is 1.77. The molecule has 1 aromatic heterocycles. The first kappa shape index (κ1) is 30.5. The van der Waals surface area contributed by atoms with Crippen LogP contribution in [0.2, 0.25) is 0 Å². The number of sulfonamides is 1. The van der Waals surface area contributed by atoms with Crippen molar-refractivity contribution in [2.75, 3.05) is 64.0 Å². The topological polar surface area (TPSA) is 132 Å². The lowest BCUT2D eigenvalue weighted by Gasteiger charge is -2.39. The molecule has 12 nitrogen and oxygen atoms in total. The SMILES string of the molecule is Cc1nc(-c2ccc(C)c(N(CC(=O)NCCCC(C)C)CC(=O)N(C)N3CCN(S(C)(=O)=O)CC3)c2)no1. The van der Waals surface area contributed by atoms with E-state index < -0.39 is 10.0 Å². The van der Waals surface area contributed by atoms with Gasteiger partial charge in [0.05, 0.1) is 19.3 Å². The lowest BCUT2D eigenvalue weighted by molar-refractivity contribution is -0.146. The molecule has 0 atom stereocenters. The number of likely N-dealkylation sites (N-methyl/N-ethyl adjacent to an activating group) is 1. The van der Waals surface area contributed by atoms with E-state index in [1.54, 1.807) is 18.9 Å². The third-order valence-corrected chi connectivity index (χ3v) is 8.05. The highest BCUT2D eigenvalue weighted by molar-refractivity contribution is 7.88. The summed E-state index contributed by atoms with van der Waals surface area (Å²) in [7, 11) is -1.60. The molecule has 0 saturated carbocycles. The Kier molecular flexibility index (Phi) is 10.4. The molecular formula is C26H41N7O5S. The molecule has 2 amide bonds. The molecule has 1 aromatic carbocycles. The number of nitrogens with zero attached hydrogens (tertiary/aromatic N) is 6. The van der Waals surface area contributed by atoms with Crippen LogP contribution < -0.4 is 10.2 Å². The minimum atomic E-state index is -3.28. The van der Waals surface area contributed by atoms with E-state index in [2.05, 4.69) is 29.3 Å². The molecule has 0 bridgehead atoms. The smallest absolute Gasteiger partial charge is 0.256 e. The Morgan fingerprint density at radius 2 is 1.82 bits per heavy atom. The largest absolute Gasteiger partial charge is 0.355 e. The monoisotopic (exact) mass is 563 g/mol. The molecule has 216 valence electrons. The summed E-state index contributed by atoms with van der Waals surface area (Å²) in [4.78, 5) is 32.4. The number of amides is 2. The number of hydrogen-bond acceptors (Lipinski definition) is 9. The Morgan fingerprint density at radius 3 is 2.41 bits per heavy atom. The number of aryl methyl sites for hydroxylation is 2. The second-order valence-electron chi connectivity index (χ2n) is 10.4. The van der Waals surface area contributed by atoms with Crippen LogP contribution in [0.4, 0.5) is 5.69 Å². The van der Waals surface area contributed by atoms with Gasteiger partial charge in [-0.2, -0.15) is 9.29 Å². The molecule has 1 aliphatic rings. The summed E-state index contributed by atoms with van der Waals surface area (Å²) in [6.45, 7) is 9.88. The van der Waals surface area contributed by atoms with Gasteiger partial charge in [-0.05, 0) is 37.3 Å². The van der Waals surface area contributed by atoms with Gasteiger partial charge in [-0.15, -0.1) is 0 Å². The maximum atomic E-state index is 13.4. The summed E-state index contributed by atoms with van der Waals surface area (Å²) in [6, 6.07) is 5.65. The molecule has 2 heterocycles. The Morgan fingerprint density at radius 1 is 1.13 bits per heavy atom. The average molecular weight is 564 g/mol. The summed E-state index contributed by atoms with van der Waals surface area (Å²) in [5.41, 5.74) is 2.33. The summed E-state index contributed by atoms with van der Waals surface area (Å²) in [5.74, 6) is 1.05. The van der Waals surface area contributed by atoms with Gasteiger partial charge in [0.25, 0.3) is 5.91 Å². The number of carbonyl (C=O) groups excluding carboxylic acids is 2. The lowest BCUT2D eigenvalue weighted by atomic mass is 10.1. The normalized spacial score (nSPS) is 14.9. The number of anilines is 1. The van der Waals surface area contributed by atoms with Crippen LogP contribution in [-0.2, 0) is 19.6 Å². The minimum absolute atomic E-state index is 0.00131. The number of carbonyl (C=O) groups is 2. The fourth-order valence-corrected chi connectivity index (χ4v) is 5.26. The molecule has 39 heavy (non-hydrogen) atoms. The van der Waals surface area contributed by atoms with Crippen molar-refractivity contribution in [1.82, 2.24) is 29.8 Å². The lowest BCUT2D eigenvalue weighted by Crippen LogP contribution is -2.56. The van der Waals surface area contributed by atoms with Gasteiger partial charge in [0.2, 0.25) is 27.6 Å². The van der Waals surface area contributed by atoms with E-state index >= 15 is 0 Å². The van der Waals surface area contributed by atoms with Crippen LogP contribution in [0.15, 0.2) is 22.7 Å². The van der Waals surface area contributed by atoms with E-state index in [4.69, 9.17) is 4.52 Å². The molecule has 0 radical (unpaired) electrons.